The molecule has 27 heavy (non-hydrogen) atoms. The summed E-state index contributed by atoms with van der Waals surface area (Å²) in [7, 11) is 1.55. The standard InChI is InChI=1S/C20H23NO6/c1-11-18(13(3)22)12(2)21-19(11)20(24)14(4)27-17(23)10-26-16-8-6-15(25-5)7-9-16/h6-9,14,21H,10H2,1-5H3/t14-/m0/s1. The van der Waals surface area contributed by atoms with Crippen LogP contribution >= 0.6 is 0 Å². The van der Waals surface area contributed by atoms with Crippen LogP contribution in [0.1, 0.15) is 46.0 Å². The Labute approximate surface area is 157 Å². The van der Waals surface area contributed by atoms with E-state index >= 15 is 0 Å². The van der Waals surface area contributed by atoms with Crippen molar-refractivity contribution in [3.63, 3.8) is 0 Å². The molecule has 2 rings (SSSR count). The first kappa shape index (κ1) is 20.2. The molecule has 1 heterocycles. The van der Waals surface area contributed by atoms with Gasteiger partial charge < -0.3 is 19.2 Å². The van der Waals surface area contributed by atoms with Crippen molar-refractivity contribution in [1.82, 2.24) is 4.98 Å². The zero-order chi connectivity index (χ0) is 20.1. The van der Waals surface area contributed by atoms with Crippen molar-refractivity contribution in [1.29, 1.82) is 0 Å². The third kappa shape index (κ3) is 4.75. The number of aryl methyl sites for hydroxylation is 1. The maximum atomic E-state index is 12.6. The van der Waals surface area contributed by atoms with Gasteiger partial charge in [0.1, 0.15) is 11.5 Å². The summed E-state index contributed by atoms with van der Waals surface area (Å²) in [5, 5.41) is 0. The highest BCUT2D eigenvalue weighted by molar-refractivity contribution is 6.05. The fourth-order valence-corrected chi connectivity index (χ4v) is 2.83. The van der Waals surface area contributed by atoms with Crippen LogP contribution < -0.4 is 9.47 Å². The number of hydrogen-bond donors (Lipinski definition) is 1. The molecule has 0 unspecified atom stereocenters. The Balaban J connectivity index is 1.96. The van der Waals surface area contributed by atoms with Gasteiger partial charge >= 0.3 is 5.97 Å². The molecule has 2 aromatic rings. The number of rotatable bonds is 8. The van der Waals surface area contributed by atoms with E-state index in [1.807, 2.05) is 0 Å². The van der Waals surface area contributed by atoms with Crippen LogP contribution in [0.3, 0.4) is 0 Å². The van der Waals surface area contributed by atoms with Gasteiger partial charge in [0.2, 0.25) is 5.78 Å². The molecule has 144 valence electrons. The highest BCUT2D eigenvalue weighted by atomic mass is 16.6. The van der Waals surface area contributed by atoms with Gasteiger partial charge in [0.15, 0.2) is 18.5 Å². The second kappa shape index (κ2) is 8.53. The van der Waals surface area contributed by atoms with Crippen LogP contribution in [0, 0.1) is 13.8 Å². The number of ketones is 2. The van der Waals surface area contributed by atoms with Gasteiger partial charge in [-0.2, -0.15) is 0 Å². The zero-order valence-electron chi connectivity index (χ0n) is 16.0. The van der Waals surface area contributed by atoms with E-state index < -0.39 is 17.9 Å². The highest BCUT2D eigenvalue weighted by Gasteiger charge is 2.26. The average molecular weight is 373 g/mol. The molecule has 7 heteroatoms. The molecular weight excluding hydrogens is 350 g/mol. The Morgan fingerprint density at radius 2 is 1.67 bits per heavy atom. The van der Waals surface area contributed by atoms with Gasteiger partial charge in [0.25, 0.3) is 0 Å². The van der Waals surface area contributed by atoms with Crippen LogP contribution in [-0.4, -0.2) is 42.3 Å². The van der Waals surface area contributed by atoms with Crippen LogP contribution in [0.5, 0.6) is 11.5 Å². The number of hydrogen-bond acceptors (Lipinski definition) is 6. The third-order valence-electron chi connectivity index (χ3n) is 4.13. The molecule has 1 aromatic heterocycles. The summed E-state index contributed by atoms with van der Waals surface area (Å²) < 4.78 is 15.5. The van der Waals surface area contributed by atoms with Crippen molar-refractivity contribution >= 4 is 17.5 Å². The maximum absolute atomic E-state index is 12.6. The van der Waals surface area contributed by atoms with Crippen LogP contribution in [-0.2, 0) is 9.53 Å². The van der Waals surface area contributed by atoms with Gasteiger partial charge in [-0.15, -0.1) is 0 Å². The minimum absolute atomic E-state index is 0.127. The average Bonchev–Trinajstić information content (AvgIpc) is 2.94. The largest absolute Gasteiger partial charge is 0.497 e. The summed E-state index contributed by atoms with van der Waals surface area (Å²) in [5.74, 6) is -0.0440. The predicted molar refractivity (Wildman–Crippen MR) is 98.6 cm³/mol. The second-order valence-electron chi connectivity index (χ2n) is 6.14. The number of carbonyl (C=O) groups excluding carboxylic acids is 3. The summed E-state index contributed by atoms with van der Waals surface area (Å²) in [5.41, 5.74) is 1.93. The molecule has 0 fully saturated rings. The Bertz CT molecular complexity index is 850. The lowest BCUT2D eigenvalue weighted by molar-refractivity contribution is -0.148. The van der Waals surface area contributed by atoms with Crippen molar-refractivity contribution in [3.05, 3.63) is 46.8 Å². The summed E-state index contributed by atoms with van der Waals surface area (Å²) in [6.07, 6.45) is -1.01. The lowest BCUT2D eigenvalue weighted by Crippen LogP contribution is -2.28. The quantitative estimate of drug-likeness (QED) is 0.564. The fourth-order valence-electron chi connectivity index (χ4n) is 2.83. The van der Waals surface area contributed by atoms with E-state index in [0.717, 1.165) is 0 Å². The van der Waals surface area contributed by atoms with E-state index in [4.69, 9.17) is 14.2 Å². The fraction of sp³-hybridized carbons (Fsp3) is 0.350. The molecule has 0 amide bonds. The molecule has 0 aliphatic heterocycles. The molecule has 0 radical (unpaired) electrons. The predicted octanol–water partition coefficient (Wildman–Crippen LogP) is 3.04. The van der Waals surface area contributed by atoms with Crippen LogP contribution in [0.15, 0.2) is 24.3 Å². The summed E-state index contributed by atoms with van der Waals surface area (Å²) in [6.45, 7) is 6.01. The van der Waals surface area contributed by atoms with E-state index in [-0.39, 0.29) is 18.1 Å². The van der Waals surface area contributed by atoms with Crippen molar-refractivity contribution < 1.29 is 28.6 Å². The lowest BCUT2D eigenvalue weighted by Gasteiger charge is -2.13. The van der Waals surface area contributed by atoms with Gasteiger partial charge in [-0.1, -0.05) is 0 Å². The molecule has 0 saturated carbocycles. The van der Waals surface area contributed by atoms with Gasteiger partial charge in [0.05, 0.1) is 12.8 Å². The van der Waals surface area contributed by atoms with Crippen molar-refractivity contribution in [2.75, 3.05) is 13.7 Å². The number of esters is 1. The number of aromatic amines is 1. The molecule has 0 spiro atoms. The number of carbonyl (C=O) groups is 3. The molecule has 0 aliphatic carbocycles. The third-order valence-corrected chi connectivity index (χ3v) is 4.13. The molecule has 7 nitrogen and oxygen atoms in total. The van der Waals surface area contributed by atoms with Gasteiger partial charge in [0, 0.05) is 11.3 Å². The first-order valence-electron chi connectivity index (χ1n) is 8.45. The van der Waals surface area contributed by atoms with Crippen LogP contribution in [0.2, 0.25) is 0 Å². The SMILES string of the molecule is COc1ccc(OCC(=O)O[C@@H](C)C(=O)c2[nH]c(C)c(C(C)=O)c2C)cc1. The van der Waals surface area contributed by atoms with E-state index in [1.54, 1.807) is 45.2 Å². The Morgan fingerprint density at radius 1 is 1.07 bits per heavy atom. The lowest BCUT2D eigenvalue weighted by atomic mass is 10.0. The van der Waals surface area contributed by atoms with Crippen molar-refractivity contribution in [3.8, 4) is 11.5 Å². The number of aromatic nitrogens is 1. The number of benzene rings is 1. The molecule has 1 aromatic carbocycles. The minimum atomic E-state index is -1.01. The Hall–Kier alpha value is -3.09. The maximum Gasteiger partial charge on any atom is 0.344 e. The zero-order valence-corrected chi connectivity index (χ0v) is 16.0. The molecular formula is C20H23NO6. The van der Waals surface area contributed by atoms with E-state index in [1.165, 1.54) is 13.8 Å². The minimum Gasteiger partial charge on any atom is -0.497 e. The van der Waals surface area contributed by atoms with Gasteiger partial charge in [-0.3, -0.25) is 9.59 Å². The monoisotopic (exact) mass is 373 g/mol. The Kier molecular flexibility index (Phi) is 6.39. The van der Waals surface area contributed by atoms with Crippen LogP contribution in [0.4, 0.5) is 0 Å². The van der Waals surface area contributed by atoms with Gasteiger partial charge in [-0.05, 0) is 57.5 Å². The topological polar surface area (TPSA) is 94.7 Å². The van der Waals surface area contributed by atoms with Crippen molar-refractivity contribution in [2.24, 2.45) is 0 Å². The molecule has 0 bridgehead atoms. The number of nitrogens with one attached hydrogen (secondary N) is 1. The number of methoxy groups -OCH3 is 1. The second-order valence-corrected chi connectivity index (χ2v) is 6.14. The highest BCUT2D eigenvalue weighted by Crippen LogP contribution is 2.21. The van der Waals surface area contributed by atoms with E-state index in [2.05, 4.69) is 4.98 Å². The van der Waals surface area contributed by atoms with Crippen molar-refractivity contribution in [2.45, 2.75) is 33.8 Å². The number of Topliss-reactive ketones (excluding diaryl/α,β-unsaturated/α-hetero) is 2. The molecule has 0 aliphatic rings. The first-order chi connectivity index (χ1) is 12.7. The van der Waals surface area contributed by atoms with Gasteiger partial charge in [-0.25, -0.2) is 4.79 Å². The summed E-state index contributed by atoms with van der Waals surface area (Å²) in [6, 6.07) is 6.73. The van der Waals surface area contributed by atoms with E-state index in [9.17, 15) is 14.4 Å². The van der Waals surface area contributed by atoms with Crippen LogP contribution in [0.25, 0.3) is 0 Å². The number of H-pyrrole nitrogens is 1. The Morgan fingerprint density at radius 3 is 2.19 bits per heavy atom. The first-order valence-corrected chi connectivity index (χ1v) is 8.45. The smallest absolute Gasteiger partial charge is 0.344 e. The number of ether oxygens (including phenoxy) is 3. The summed E-state index contributed by atoms with van der Waals surface area (Å²) >= 11 is 0. The van der Waals surface area contributed by atoms with E-state index in [0.29, 0.717) is 28.3 Å². The summed E-state index contributed by atoms with van der Waals surface area (Å²) in [4.78, 5) is 39.1. The molecule has 1 atom stereocenters. The molecule has 0 saturated heterocycles. The normalized spacial score (nSPS) is 11.6. The molecule has 1 N–H and O–H groups in total.